The van der Waals surface area contributed by atoms with Crippen LogP contribution in [0.4, 0.5) is 0 Å². The molecular weight excluding hydrogens is 301 g/mol. The number of hydrogen-bond acceptors (Lipinski definition) is 4. The third kappa shape index (κ3) is 5.14. The number of sulfone groups is 1. The Balaban J connectivity index is 2.93. The van der Waals surface area contributed by atoms with Gasteiger partial charge in [-0.15, -0.1) is 11.3 Å². The quantitative estimate of drug-likeness (QED) is 0.877. The minimum absolute atomic E-state index is 0.0276. The summed E-state index contributed by atoms with van der Waals surface area (Å²) in [6, 6.07) is 1.44. The van der Waals surface area contributed by atoms with Gasteiger partial charge in [0.25, 0.3) is 0 Å². The summed E-state index contributed by atoms with van der Waals surface area (Å²) in [7, 11) is -3.07. The van der Waals surface area contributed by atoms with Crippen molar-refractivity contribution in [2.75, 3.05) is 18.6 Å². The van der Waals surface area contributed by atoms with Crippen LogP contribution in [0.2, 0.25) is 8.67 Å². The summed E-state index contributed by atoms with van der Waals surface area (Å²) in [5.74, 6) is 0.0276. The highest BCUT2D eigenvalue weighted by atomic mass is 35.5. The van der Waals surface area contributed by atoms with Crippen LogP contribution in [0, 0.1) is 0 Å². The van der Waals surface area contributed by atoms with E-state index in [1.54, 1.807) is 6.07 Å². The van der Waals surface area contributed by atoms with E-state index >= 15 is 0 Å². The zero-order chi connectivity index (χ0) is 13.1. The molecule has 0 radical (unpaired) electrons. The first-order chi connectivity index (χ1) is 7.83. The molecule has 0 spiro atoms. The number of hydrogen-bond donors (Lipinski definition) is 1. The lowest BCUT2D eigenvalue weighted by molar-refractivity contribution is 0.550. The van der Waals surface area contributed by atoms with E-state index in [0.717, 1.165) is 18.5 Å². The third-order valence-corrected chi connectivity index (χ3v) is 4.63. The van der Waals surface area contributed by atoms with E-state index in [9.17, 15) is 8.42 Å². The van der Waals surface area contributed by atoms with Gasteiger partial charge < -0.3 is 5.32 Å². The Labute approximate surface area is 116 Å². The molecular formula is C10H15Cl2NO2S2. The van der Waals surface area contributed by atoms with Crippen LogP contribution in [0.25, 0.3) is 0 Å². The number of halogens is 2. The van der Waals surface area contributed by atoms with Crippen LogP contribution in [0.3, 0.4) is 0 Å². The van der Waals surface area contributed by atoms with Crippen LogP contribution in [0.5, 0.6) is 0 Å². The van der Waals surface area contributed by atoms with Crippen LogP contribution in [-0.2, 0) is 9.84 Å². The maximum Gasteiger partial charge on any atom is 0.149 e. The molecule has 17 heavy (non-hydrogen) atoms. The Hall–Kier alpha value is 0.190. The second-order valence-electron chi connectivity index (χ2n) is 3.88. The van der Waals surface area contributed by atoms with Crippen LogP contribution < -0.4 is 5.32 Å². The first-order valence-corrected chi connectivity index (χ1v) is 8.82. The van der Waals surface area contributed by atoms with E-state index in [0.29, 0.717) is 8.67 Å². The second kappa shape index (κ2) is 6.38. The molecule has 98 valence electrons. The molecule has 1 heterocycles. The lowest BCUT2D eigenvalue weighted by Gasteiger charge is -2.17. The third-order valence-electron chi connectivity index (χ3n) is 2.17. The topological polar surface area (TPSA) is 46.2 Å². The van der Waals surface area contributed by atoms with E-state index in [1.807, 2.05) is 6.92 Å². The standard InChI is InChI=1S/C10H15Cl2NO2S2/c1-3-4-13-8(6-17(2,14)15)7-5-9(11)16-10(7)12/h5,8,13H,3-4,6H2,1-2H3. The van der Waals surface area contributed by atoms with Gasteiger partial charge in [-0.3, -0.25) is 0 Å². The Kier molecular flexibility index (Phi) is 5.73. The molecule has 0 saturated carbocycles. The molecule has 0 saturated heterocycles. The molecule has 3 nitrogen and oxygen atoms in total. The van der Waals surface area contributed by atoms with Crippen molar-refractivity contribution in [2.24, 2.45) is 0 Å². The SMILES string of the molecule is CCCNC(CS(C)(=O)=O)c1cc(Cl)sc1Cl. The molecule has 0 aromatic carbocycles. The number of rotatable bonds is 6. The van der Waals surface area contributed by atoms with Gasteiger partial charge in [0.05, 0.1) is 14.4 Å². The molecule has 0 aliphatic rings. The van der Waals surface area contributed by atoms with Crippen molar-refractivity contribution >= 4 is 44.4 Å². The van der Waals surface area contributed by atoms with E-state index in [4.69, 9.17) is 23.2 Å². The van der Waals surface area contributed by atoms with E-state index in [-0.39, 0.29) is 11.8 Å². The predicted molar refractivity (Wildman–Crippen MR) is 75.1 cm³/mol. The highest BCUT2D eigenvalue weighted by Crippen LogP contribution is 2.35. The second-order valence-corrected chi connectivity index (χ2v) is 8.35. The first kappa shape index (κ1) is 15.2. The van der Waals surface area contributed by atoms with Crippen molar-refractivity contribution in [3.05, 3.63) is 20.3 Å². The molecule has 0 amide bonds. The molecule has 0 aliphatic heterocycles. The van der Waals surface area contributed by atoms with Gasteiger partial charge in [-0.05, 0) is 19.0 Å². The average Bonchev–Trinajstić information content (AvgIpc) is 2.50. The van der Waals surface area contributed by atoms with Gasteiger partial charge in [-0.1, -0.05) is 30.1 Å². The van der Waals surface area contributed by atoms with E-state index in [1.165, 1.54) is 17.6 Å². The van der Waals surface area contributed by atoms with Gasteiger partial charge in [0, 0.05) is 17.9 Å². The van der Waals surface area contributed by atoms with Crippen LogP contribution in [0.15, 0.2) is 6.07 Å². The van der Waals surface area contributed by atoms with Crippen molar-refractivity contribution in [1.82, 2.24) is 5.32 Å². The Bertz CT molecular complexity index is 471. The minimum atomic E-state index is -3.07. The van der Waals surface area contributed by atoms with Crippen LogP contribution in [0.1, 0.15) is 24.9 Å². The first-order valence-electron chi connectivity index (χ1n) is 5.19. The summed E-state index contributed by atoms with van der Waals surface area (Å²) in [4.78, 5) is 0. The van der Waals surface area contributed by atoms with Crippen molar-refractivity contribution < 1.29 is 8.42 Å². The van der Waals surface area contributed by atoms with Crippen LogP contribution >= 0.6 is 34.5 Å². The summed E-state index contributed by atoms with van der Waals surface area (Å²) >= 11 is 13.2. The summed E-state index contributed by atoms with van der Waals surface area (Å²) in [5.41, 5.74) is 0.764. The largest absolute Gasteiger partial charge is 0.309 e. The van der Waals surface area contributed by atoms with Crippen molar-refractivity contribution in [1.29, 1.82) is 0 Å². The van der Waals surface area contributed by atoms with Gasteiger partial charge in [0.2, 0.25) is 0 Å². The molecule has 0 bridgehead atoms. The smallest absolute Gasteiger partial charge is 0.149 e. The molecule has 7 heteroatoms. The fourth-order valence-corrected chi connectivity index (χ4v) is 3.95. The fraction of sp³-hybridized carbons (Fsp3) is 0.600. The number of nitrogens with one attached hydrogen (secondary N) is 1. The molecule has 1 unspecified atom stereocenters. The Morgan fingerprint density at radius 2 is 2.12 bits per heavy atom. The van der Waals surface area contributed by atoms with E-state index in [2.05, 4.69) is 5.32 Å². The van der Waals surface area contributed by atoms with Crippen molar-refractivity contribution in [3.63, 3.8) is 0 Å². The fourth-order valence-electron chi connectivity index (χ4n) is 1.47. The lowest BCUT2D eigenvalue weighted by atomic mass is 10.2. The normalized spacial score (nSPS) is 13.9. The summed E-state index contributed by atoms with van der Waals surface area (Å²) in [6.07, 6.45) is 2.14. The highest BCUT2D eigenvalue weighted by molar-refractivity contribution is 7.90. The molecule has 0 aliphatic carbocycles. The summed E-state index contributed by atoms with van der Waals surface area (Å²) < 4.78 is 23.9. The Morgan fingerprint density at radius 3 is 2.53 bits per heavy atom. The zero-order valence-electron chi connectivity index (χ0n) is 9.66. The molecule has 1 rings (SSSR count). The minimum Gasteiger partial charge on any atom is -0.309 e. The van der Waals surface area contributed by atoms with Crippen LogP contribution in [-0.4, -0.2) is 27.0 Å². The zero-order valence-corrected chi connectivity index (χ0v) is 12.8. The maximum atomic E-state index is 11.4. The Morgan fingerprint density at radius 1 is 1.47 bits per heavy atom. The molecule has 1 aromatic heterocycles. The lowest BCUT2D eigenvalue weighted by Crippen LogP contribution is -2.28. The van der Waals surface area contributed by atoms with Gasteiger partial charge >= 0.3 is 0 Å². The van der Waals surface area contributed by atoms with Gasteiger partial charge in [0.1, 0.15) is 9.84 Å². The summed E-state index contributed by atoms with van der Waals surface area (Å²) in [6.45, 7) is 2.76. The van der Waals surface area contributed by atoms with Gasteiger partial charge in [0.15, 0.2) is 0 Å². The molecule has 0 fully saturated rings. The molecule has 1 atom stereocenters. The molecule has 1 N–H and O–H groups in total. The predicted octanol–water partition coefficient (Wildman–Crippen LogP) is 3.14. The summed E-state index contributed by atoms with van der Waals surface area (Å²) in [5, 5.41) is 3.18. The molecule has 1 aromatic rings. The number of thiophene rings is 1. The van der Waals surface area contributed by atoms with Crippen molar-refractivity contribution in [2.45, 2.75) is 19.4 Å². The maximum absolute atomic E-state index is 11.4. The van der Waals surface area contributed by atoms with E-state index < -0.39 is 9.84 Å². The van der Waals surface area contributed by atoms with Crippen molar-refractivity contribution in [3.8, 4) is 0 Å². The monoisotopic (exact) mass is 315 g/mol. The average molecular weight is 316 g/mol. The highest BCUT2D eigenvalue weighted by Gasteiger charge is 2.21. The van der Waals surface area contributed by atoms with Gasteiger partial charge in [-0.25, -0.2) is 8.42 Å². The van der Waals surface area contributed by atoms with Gasteiger partial charge in [-0.2, -0.15) is 0 Å².